The summed E-state index contributed by atoms with van der Waals surface area (Å²) >= 11 is 1.46. The molecule has 7 heteroatoms. The Labute approximate surface area is 145 Å². The minimum absolute atomic E-state index is 0.0729. The number of carbonyl (C=O) groups excluding carboxylic acids is 1. The number of para-hydroxylation sites is 2. The van der Waals surface area contributed by atoms with Crippen LogP contribution in [0.1, 0.15) is 10.6 Å². The number of fused-ring (bicyclic) bond motifs is 2. The van der Waals surface area contributed by atoms with Gasteiger partial charge in [-0.2, -0.15) is 0 Å². The monoisotopic (exact) mass is 351 g/mol. The minimum atomic E-state index is -0.569. The van der Waals surface area contributed by atoms with Crippen LogP contribution >= 0.6 is 11.3 Å². The highest BCUT2D eigenvalue weighted by atomic mass is 32.1. The Morgan fingerprint density at radius 2 is 1.92 bits per heavy atom. The van der Waals surface area contributed by atoms with Gasteiger partial charge in [-0.1, -0.05) is 35.6 Å². The van der Waals surface area contributed by atoms with Crippen molar-refractivity contribution in [3.05, 3.63) is 75.4 Å². The lowest BCUT2D eigenvalue weighted by Gasteiger charge is -2.01. The summed E-state index contributed by atoms with van der Waals surface area (Å²) in [6.45, 7) is 0. The fourth-order valence-electron chi connectivity index (χ4n) is 2.56. The van der Waals surface area contributed by atoms with E-state index >= 15 is 0 Å². The lowest BCUT2D eigenvalue weighted by atomic mass is 10.2. The normalized spacial score (nSPS) is 12.0. The first-order valence-corrected chi connectivity index (χ1v) is 8.36. The zero-order valence-corrected chi connectivity index (χ0v) is 14.0. The van der Waals surface area contributed by atoms with Gasteiger partial charge < -0.3 is 8.98 Å². The summed E-state index contributed by atoms with van der Waals surface area (Å²) in [4.78, 5) is 25.0. The quantitative estimate of drug-likeness (QED) is 0.564. The molecule has 124 valence electrons. The van der Waals surface area contributed by atoms with Crippen LogP contribution in [0.25, 0.3) is 21.2 Å². The maximum atomic E-state index is 12.3. The number of hydrogen-bond donors (Lipinski definition) is 1. The molecule has 6 nitrogen and oxygen atoms in total. The van der Waals surface area contributed by atoms with Crippen LogP contribution in [0.15, 0.2) is 68.9 Å². The second-order valence-corrected chi connectivity index (χ2v) is 6.44. The molecule has 0 bridgehead atoms. The molecule has 0 unspecified atom stereocenters. The van der Waals surface area contributed by atoms with Crippen LogP contribution in [0, 0.1) is 0 Å². The molecule has 0 atom stereocenters. The fraction of sp³-hybridized carbons (Fsp3) is 0.0556. The molecule has 1 amide bonds. The molecule has 0 saturated carbocycles. The number of carbonyl (C=O) groups is 1. The van der Waals surface area contributed by atoms with E-state index < -0.39 is 5.91 Å². The van der Waals surface area contributed by atoms with Gasteiger partial charge in [-0.15, -0.1) is 5.10 Å². The summed E-state index contributed by atoms with van der Waals surface area (Å²) in [5, 5.41) is 4.59. The average Bonchev–Trinajstić information content (AvgIpc) is 2.96. The van der Waals surface area contributed by atoms with E-state index in [1.54, 1.807) is 24.3 Å². The number of aryl methyl sites for hydroxylation is 1. The van der Waals surface area contributed by atoms with Crippen molar-refractivity contribution in [1.29, 1.82) is 0 Å². The molecule has 1 N–H and O–H groups in total. The van der Waals surface area contributed by atoms with Crippen molar-refractivity contribution in [3.63, 3.8) is 0 Å². The van der Waals surface area contributed by atoms with Gasteiger partial charge in [0.15, 0.2) is 11.2 Å². The predicted octanol–water partition coefficient (Wildman–Crippen LogP) is 2.59. The molecule has 2 aromatic carbocycles. The third kappa shape index (κ3) is 2.74. The SMILES string of the molecule is Cn1/c(=N/NC(=O)c2cc(=O)c3ccccc3o2)sc2ccccc21. The molecule has 25 heavy (non-hydrogen) atoms. The molecular weight excluding hydrogens is 338 g/mol. The van der Waals surface area contributed by atoms with E-state index in [0.717, 1.165) is 10.2 Å². The number of aromatic nitrogens is 1. The summed E-state index contributed by atoms with van der Waals surface area (Å²) in [7, 11) is 1.87. The Balaban J connectivity index is 1.70. The zero-order chi connectivity index (χ0) is 17.4. The van der Waals surface area contributed by atoms with Gasteiger partial charge in [-0.3, -0.25) is 9.59 Å². The zero-order valence-electron chi connectivity index (χ0n) is 13.2. The number of benzene rings is 2. The van der Waals surface area contributed by atoms with Gasteiger partial charge in [0.1, 0.15) is 5.58 Å². The smallest absolute Gasteiger partial charge is 0.307 e. The molecule has 4 aromatic rings. The second-order valence-electron chi connectivity index (χ2n) is 5.44. The van der Waals surface area contributed by atoms with Gasteiger partial charge in [-0.05, 0) is 24.3 Å². The molecule has 0 radical (unpaired) electrons. The number of amides is 1. The van der Waals surface area contributed by atoms with E-state index in [2.05, 4.69) is 10.5 Å². The van der Waals surface area contributed by atoms with E-state index in [9.17, 15) is 9.59 Å². The van der Waals surface area contributed by atoms with Crippen LogP contribution in [0.2, 0.25) is 0 Å². The van der Waals surface area contributed by atoms with E-state index in [-0.39, 0.29) is 11.2 Å². The second kappa shape index (κ2) is 6.03. The van der Waals surface area contributed by atoms with Crippen molar-refractivity contribution in [2.75, 3.05) is 0 Å². The summed E-state index contributed by atoms with van der Waals surface area (Å²) < 4.78 is 8.46. The fourth-order valence-corrected chi connectivity index (χ4v) is 3.54. The van der Waals surface area contributed by atoms with Crippen molar-refractivity contribution < 1.29 is 9.21 Å². The van der Waals surface area contributed by atoms with Crippen molar-refractivity contribution in [2.24, 2.45) is 12.1 Å². The summed E-state index contributed by atoms with van der Waals surface area (Å²) in [6.07, 6.45) is 0. The molecule has 2 aromatic heterocycles. The lowest BCUT2D eigenvalue weighted by molar-refractivity contribution is 0.0926. The highest BCUT2D eigenvalue weighted by Crippen LogP contribution is 2.15. The Morgan fingerprint density at radius 3 is 2.76 bits per heavy atom. The molecule has 2 heterocycles. The first kappa shape index (κ1) is 15.3. The van der Waals surface area contributed by atoms with Gasteiger partial charge in [-0.25, -0.2) is 5.43 Å². The first-order valence-electron chi connectivity index (χ1n) is 7.55. The van der Waals surface area contributed by atoms with Gasteiger partial charge in [0.2, 0.25) is 4.80 Å². The number of nitrogens with zero attached hydrogens (tertiary/aromatic N) is 2. The highest BCUT2D eigenvalue weighted by molar-refractivity contribution is 7.16. The van der Waals surface area contributed by atoms with Crippen molar-refractivity contribution in [3.8, 4) is 0 Å². The first-order chi connectivity index (χ1) is 12.1. The van der Waals surface area contributed by atoms with Crippen LogP contribution in [-0.4, -0.2) is 10.5 Å². The lowest BCUT2D eigenvalue weighted by Crippen LogP contribution is -2.24. The topological polar surface area (TPSA) is 76.6 Å². The molecule has 0 saturated heterocycles. The van der Waals surface area contributed by atoms with Gasteiger partial charge in [0, 0.05) is 13.1 Å². The number of thiazole rings is 1. The summed E-state index contributed by atoms with van der Waals surface area (Å²) in [5.41, 5.74) is 3.58. The maximum Gasteiger partial charge on any atom is 0.307 e. The van der Waals surface area contributed by atoms with Gasteiger partial charge >= 0.3 is 5.91 Å². The molecule has 0 aliphatic carbocycles. The third-order valence-corrected chi connectivity index (χ3v) is 4.94. The average molecular weight is 351 g/mol. The highest BCUT2D eigenvalue weighted by Gasteiger charge is 2.12. The van der Waals surface area contributed by atoms with E-state index in [4.69, 9.17) is 4.42 Å². The Bertz CT molecular complexity index is 1230. The van der Waals surface area contributed by atoms with Crippen LogP contribution in [0.3, 0.4) is 0 Å². The predicted molar refractivity (Wildman–Crippen MR) is 96.3 cm³/mol. The van der Waals surface area contributed by atoms with Crippen LogP contribution in [0.4, 0.5) is 0 Å². The maximum absolute atomic E-state index is 12.3. The molecular formula is C18H13N3O3S. The number of rotatable bonds is 2. The Morgan fingerprint density at radius 1 is 1.16 bits per heavy atom. The number of nitrogens with one attached hydrogen (secondary N) is 1. The van der Waals surface area contributed by atoms with Crippen LogP contribution in [-0.2, 0) is 7.05 Å². The summed E-state index contributed by atoms with van der Waals surface area (Å²) in [6, 6.07) is 15.8. The van der Waals surface area contributed by atoms with Crippen LogP contribution in [0.5, 0.6) is 0 Å². The standard InChI is InChI=1S/C18H13N3O3S/c1-21-12-7-3-5-9-16(12)25-18(21)20-19-17(23)15-10-13(22)11-6-2-4-8-14(11)24-15/h2-10H,1H3,(H,19,23)/b20-18-. The minimum Gasteiger partial charge on any atom is -0.451 e. The Hall–Kier alpha value is -3.19. The molecule has 0 aliphatic rings. The van der Waals surface area contributed by atoms with E-state index in [0.29, 0.717) is 15.8 Å². The summed E-state index contributed by atoms with van der Waals surface area (Å²) in [5.74, 6) is -0.642. The van der Waals surface area contributed by atoms with Crippen molar-refractivity contribution in [2.45, 2.75) is 0 Å². The van der Waals surface area contributed by atoms with Crippen LogP contribution < -0.4 is 15.7 Å². The van der Waals surface area contributed by atoms with Gasteiger partial charge in [0.05, 0.1) is 15.6 Å². The molecule has 0 fully saturated rings. The van der Waals surface area contributed by atoms with Crippen molar-refractivity contribution >= 4 is 38.4 Å². The molecule has 0 aliphatic heterocycles. The van der Waals surface area contributed by atoms with Gasteiger partial charge in [0.25, 0.3) is 0 Å². The molecule has 4 rings (SSSR count). The van der Waals surface area contributed by atoms with E-state index in [1.807, 2.05) is 35.9 Å². The Kier molecular flexibility index (Phi) is 3.70. The molecule has 0 spiro atoms. The van der Waals surface area contributed by atoms with E-state index in [1.165, 1.54) is 17.4 Å². The number of hydrogen-bond acceptors (Lipinski definition) is 5. The van der Waals surface area contributed by atoms with Crippen molar-refractivity contribution in [1.82, 2.24) is 9.99 Å². The third-order valence-electron chi connectivity index (χ3n) is 3.83. The largest absolute Gasteiger partial charge is 0.451 e.